The fourth-order valence-corrected chi connectivity index (χ4v) is 4.11. The Morgan fingerprint density at radius 3 is 2.67 bits per heavy atom. The van der Waals surface area contributed by atoms with E-state index in [1.807, 2.05) is 42.5 Å². The number of methoxy groups -OCH3 is 1. The number of halogens is 1. The van der Waals surface area contributed by atoms with E-state index in [0.717, 1.165) is 16.9 Å². The number of benzene rings is 3. The molecule has 1 heterocycles. The number of rotatable bonds is 9. The van der Waals surface area contributed by atoms with E-state index in [4.69, 9.17) is 21.1 Å². The molecular weight excluding hydrogens is 456 g/mol. The van der Waals surface area contributed by atoms with Gasteiger partial charge in [0.25, 0.3) is 0 Å². The predicted molar refractivity (Wildman–Crippen MR) is 133 cm³/mol. The van der Waals surface area contributed by atoms with Crippen LogP contribution in [-0.2, 0) is 12.4 Å². The van der Waals surface area contributed by atoms with Gasteiger partial charge in [-0.15, -0.1) is 10.2 Å². The van der Waals surface area contributed by atoms with Gasteiger partial charge in [0.1, 0.15) is 12.9 Å². The molecule has 1 aromatic heterocycles. The smallest absolute Gasteiger partial charge is 0.212 e. The SMILES string of the molecule is COc1cccc(/C=N\n2cnnc2SCc2ccc(C)cc2)c1OCc1cccc(Cl)c1. The van der Waals surface area contributed by atoms with Gasteiger partial charge in [-0.25, -0.2) is 0 Å². The summed E-state index contributed by atoms with van der Waals surface area (Å²) in [4.78, 5) is 0. The van der Waals surface area contributed by atoms with Crippen LogP contribution < -0.4 is 9.47 Å². The van der Waals surface area contributed by atoms with Gasteiger partial charge in [0.05, 0.1) is 13.3 Å². The van der Waals surface area contributed by atoms with Crippen molar-refractivity contribution >= 4 is 29.6 Å². The van der Waals surface area contributed by atoms with Gasteiger partial charge in [0.2, 0.25) is 5.16 Å². The van der Waals surface area contributed by atoms with Crippen molar-refractivity contribution in [3.8, 4) is 11.5 Å². The van der Waals surface area contributed by atoms with Crippen molar-refractivity contribution in [2.75, 3.05) is 7.11 Å². The highest BCUT2D eigenvalue weighted by Crippen LogP contribution is 2.31. The Kier molecular flexibility index (Phi) is 7.65. The molecule has 4 aromatic rings. The molecule has 168 valence electrons. The van der Waals surface area contributed by atoms with Gasteiger partial charge in [-0.2, -0.15) is 9.78 Å². The van der Waals surface area contributed by atoms with E-state index in [2.05, 4.69) is 46.5 Å². The molecule has 0 atom stereocenters. The van der Waals surface area contributed by atoms with E-state index in [0.29, 0.717) is 28.3 Å². The average molecular weight is 479 g/mol. The minimum absolute atomic E-state index is 0.353. The second-order valence-corrected chi connectivity index (χ2v) is 8.65. The maximum absolute atomic E-state index is 6.09. The number of hydrogen-bond donors (Lipinski definition) is 0. The number of ether oxygens (including phenoxy) is 2. The maximum atomic E-state index is 6.09. The molecule has 0 aliphatic carbocycles. The normalized spacial score (nSPS) is 11.1. The fourth-order valence-electron chi connectivity index (χ4n) is 3.08. The highest BCUT2D eigenvalue weighted by molar-refractivity contribution is 7.98. The maximum Gasteiger partial charge on any atom is 0.212 e. The minimum atomic E-state index is 0.353. The lowest BCUT2D eigenvalue weighted by molar-refractivity contribution is 0.284. The van der Waals surface area contributed by atoms with Gasteiger partial charge in [-0.1, -0.05) is 71.4 Å². The zero-order chi connectivity index (χ0) is 23.0. The summed E-state index contributed by atoms with van der Waals surface area (Å²) in [6.07, 6.45) is 3.30. The van der Waals surface area contributed by atoms with Crippen molar-refractivity contribution in [2.45, 2.75) is 24.4 Å². The molecule has 0 saturated heterocycles. The second-order valence-electron chi connectivity index (χ2n) is 7.27. The summed E-state index contributed by atoms with van der Waals surface area (Å²) < 4.78 is 13.3. The minimum Gasteiger partial charge on any atom is -0.493 e. The van der Waals surface area contributed by atoms with Gasteiger partial charge in [-0.05, 0) is 42.3 Å². The molecule has 8 heteroatoms. The second kappa shape index (κ2) is 11.0. The number of para-hydroxylation sites is 1. The van der Waals surface area contributed by atoms with Crippen LogP contribution >= 0.6 is 23.4 Å². The summed E-state index contributed by atoms with van der Waals surface area (Å²) in [6.45, 7) is 2.43. The predicted octanol–water partition coefficient (Wildman–Crippen LogP) is 6.00. The quantitative estimate of drug-likeness (QED) is 0.218. The molecule has 33 heavy (non-hydrogen) atoms. The third kappa shape index (κ3) is 6.15. The van der Waals surface area contributed by atoms with Crippen molar-refractivity contribution in [1.82, 2.24) is 14.9 Å². The lowest BCUT2D eigenvalue weighted by Crippen LogP contribution is -2.01. The standard InChI is InChI=1S/C25H23ClN4O2S/c1-18-9-11-19(12-10-18)16-33-25-29-27-17-30(25)28-14-21-6-4-8-23(31-2)24(21)32-15-20-5-3-7-22(26)13-20/h3-14,17H,15-16H2,1-2H3/b28-14-. The fraction of sp³-hybridized carbons (Fsp3) is 0.160. The van der Waals surface area contributed by atoms with E-state index >= 15 is 0 Å². The van der Waals surface area contributed by atoms with Crippen molar-refractivity contribution in [3.05, 3.63) is 100 Å². The van der Waals surface area contributed by atoms with Gasteiger partial charge >= 0.3 is 0 Å². The van der Waals surface area contributed by atoms with E-state index < -0.39 is 0 Å². The monoisotopic (exact) mass is 478 g/mol. The van der Waals surface area contributed by atoms with Gasteiger partial charge in [-0.3, -0.25) is 0 Å². The summed E-state index contributed by atoms with van der Waals surface area (Å²) >= 11 is 7.67. The van der Waals surface area contributed by atoms with Gasteiger partial charge in [0.15, 0.2) is 11.5 Å². The van der Waals surface area contributed by atoms with E-state index in [1.54, 1.807) is 36.1 Å². The molecule has 0 radical (unpaired) electrons. The molecular formula is C25H23ClN4O2S. The van der Waals surface area contributed by atoms with Crippen LogP contribution in [0.4, 0.5) is 0 Å². The number of thioether (sulfide) groups is 1. The molecule has 0 fully saturated rings. The first-order chi connectivity index (χ1) is 16.1. The van der Waals surface area contributed by atoms with Crippen LogP contribution in [0.2, 0.25) is 5.02 Å². The van der Waals surface area contributed by atoms with Crippen molar-refractivity contribution < 1.29 is 9.47 Å². The highest BCUT2D eigenvalue weighted by Gasteiger charge is 2.11. The summed E-state index contributed by atoms with van der Waals surface area (Å²) in [6, 6.07) is 21.7. The summed E-state index contributed by atoms with van der Waals surface area (Å²) in [5.74, 6) is 2.01. The zero-order valence-corrected chi connectivity index (χ0v) is 19.9. The van der Waals surface area contributed by atoms with Crippen LogP contribution in [0.25, 0.3) is 0 Å². The average Bonchev–Trinajstić information content (AvgIpc) is 3.28. The molecule has 6 nitrogen and oxygen atoms in total. The van der Waals surface area contributed by atoms with E-state index in [9.17, 15) is 0 Å². The van der Waals surface area contributed by atoms with E-state index in [1.165, 1.54) is 11.1 Å². The van der Waals surface area contributed by atoms with Crippen LogP contribution in [-0.4, -0.2) is 28.2 Å². The highest BCUT2D eigenvalue weighted by atomic mass is 35.5. The number of hydrogen-bond acceptors (Lipinski definition) is 6. The summed E-state index contributed by atoms with van der Waals surface area (Å²) in [5.41, 5.74) is 4.20. The first-order valence-electron chi connectivity index (χ1n) is 10.3. The lowest BCUT2D eigenvalue weighted by Gasteiger charge is -2.13. The third-order valence-corrected chi connectivity index (χ3v) is 6.05. The van der Waals surface area contributed by atoms with Crippen molar-refractivity contribution in [2.24, 2.45) is 5.10 Å². The van der Waals surface area contributed by atoms with E-state index in [-0.39, 0.29) is 0 Å². The summed E-state index contributed by atoms with van der Waals surface area (Å²) in [5, 5.41) is 14.1. The molecule has 0 spiro atoms. The Hall–Kier alpha value is -3.29. The third-order valence-electron chi connectivity index (χ3n) is 4.81. The first-order valence-corrected chi connectivity index (χ1v) is 11.7. The largest absolute Gasteiger partial charge is 0.493 e. The molecule has 0 saturated carbocycles. The van der Waals surface area contributed by atoms with Crippen LogP contribution in [0.15, 0.2) is 83.3 Å². The summed E-state index contributed by atoms with van der Waals surface area (Å²) in [7, 11) is 1.61. The number of aromatic nitrogens is 3. The van der Waals surface area contributed by atoms with Crippen LogP contribution in [0, 0.1) is 6.92 Å². The molecule has 4 rings (SSSR count). The molecule has 0 aliphatic heterocycles. The molecule has 0 amide bonds. The van der Waals surface area contributed by atoms with Crippen molar-refractivity contribution in [3.63, 3.8) is 0 Å². The molecule has 0 unspecified atom stereocenters. The number of nitrogens with zero attached hydrogens (tertiary/aromatic N) is 4. The Labute approximate surface area is 202 Å². The Balaban J connectivity index is 1.50. The molecule has 0 N–H and O–H groups in total. The topological polar surface area (TPSA) is 61.5 Å². The van der Waals surface area contributed by atoms with Crippen LogP contribution in [0.5, 0.6) is 11.5 Å². The Morgan fingerprint density at radius 1 is 1.06 bits per heavy atom. The van der Waals surface area contributed by atoms with Crippen LogP contribution in [0.1, 0.15) is 22.3 Å². The Morgan fingerprint density at radius 2 is 1.88 bits per heavy atom. The number of aryl methyl sites for hydroxylation is 1. The first kappa shape index (κ1) is 22.9. The molecule has 0 bridgehead atoms. The van der Waals surface area contributed by atoms with Gasteiger partial charge < -0.3 is 9.47 Å². The Bertz CT molecular complexity index is 1240. The molecule has 0 aliphatic rings. The molecule has 3 aromatic carbocycles. The lowest BCUT2D eigenvalue weighted by atomic mass is 10.2. The van der Waals surface area contributed by atoms with Crippen LogP contribution in [0.3, 0.4) is 0 Å². The van der Waals surface area contributed by atoms with Gasteiger partial charge in [0, 0.05) is 16.3 Å². The zero-order valence-electron chi connectivity index (χ0n) is 18.3. The van der Waals surface area contributed by atoms with Crippen molar-refractivity contribution in [1.29, 1.82) is 0 Å².